The van der Waals surface area contributed by atoms with Crippen molar-refractivity contribution in [2.45, 2.75) is 65.8 Å². The molecule has 2 amide bonds. The summed E-state index contributed by atoms with van der Waals surface area (Å²) >= 11 is 0. The zero-order valence-corrected chi connectivity index (χ0v) is 16.6. The number of aryl methyl sites for hydroxylation is 1. The molecule has 5 heteroatoms. The first-order valence-corrected chi connectivity index (χ1v) is 9.82. The molecule has 1 aromatic rings. The maximum atomic E-state index is 12.0. The van der Waals surface area contributed by atoms with Crippen molar-refractivity contribution in [2.75, 3.05) is 13.1 Å². The third-order valence-corrected chi connectivity index (χ3v) is 5.13. The Balaban J connectivity index is 1.87. The monoisotopic (exact) mass is 359 g/mol. The summed E-state index contributed by atoms with van der Waals surface area (Å²) in [5.74, 6) is -0.166. The van der Waals surface area contributed by atoms with Gasteiger partial charge in [0.05, 0.1) is 0 Å². The fraction of sp³-hybridized carbons (Fsp3) is 0.619. The molecule has 1 heterocycles. The molecule has 2 rings (SSSR count). The van der Waals surface area contributed by atoms with Gasteiger partial charge in [0.1, 0.15) is 0 Å². The standard InChI is InChI=1S/C21H33N3O2/c1-15(2)21(26)23-13-12-22-20(25)11-10-18-14-16(3)24(17(18)4)19-8-6-5-7-9-19/h10-11,14-15,19H,5-9,12-13H2,1-4H3,(H,22,25)(H,23,26)/b11-10+. The van der Waals surface area contributed by atoms with Gasteiger partial charge >= 0.3 is 0 Å². The van der Waals surface area contributed by atoms with E-state index in [4.69, 9.17) is 0 Å². The van der Waals surface area contributed by atoms with E-state index >= 15 is 0 Å². The van der Waals surface area contributed by atoms with Crippen molar-refractivity contribution >= 4 is 17.9 Å². The highest BCUT2D eigenvalue weighted by molar-refractivity contribution is 5.91. The number of rotatable bonds is 7. The van der Waals surface area contributed by atoms with E-state index < -0.39 is 0 Å². The predicted octanol–water partition coefficient (Wildman–Crippen LogP) is 3.51. The zero-order chi connectivity index (χ0) is 19.1. The van der Waals surface area contributed by atoms with Gasteiger partial charge in [-0.3, -0.25) is 9.59 Å². The molecule has 0 bridgehead atoms. The van der Waals surface area contributed by atoms with Gasteiger partial charge in [-0.15, -0.1) is 0 Å². The molecule has 0 unspecified atom stereocenters. The summed E-state index contributed by atoms with van der Waals surface area (Å²) in [6.45, 7) is 8.87. The molecule has 144 valence electrons. The Kier molecular flexibility index (Phi) is 7.49. The van der Waals surface area contributed by atoms with Crippen molar-refractivity contribution in [3.05, 3.63) is 29.1 Å². The normalized spacial score (nSPS) is 15.6. The van der Waals surface area contributed by atoms with E-state index in [0.29, 0.717) is 19.1 Å². The van der Waals surface area contributed by atoms with E-state index in [0.717, 1.165) is 5.56 Å². The molecule has 1 aliphatic rings. The number of aromatic nitrogens is 1. The summed E-state index contributed by atoms with van der Waals surface area (Å²) in [6, 6.07) is 2.76. The molecule has 1 fully saturated rings. The number of nitrogens with one attached hydrogen (secondary N) is 2. The van der Waals surface area contributed by atoms with Gasteiger partial charge in [-0.05, 0) is 44.4 Å². The van der Waals surface area contributed by atoms with Gasteiger partial charge in [-0.2, -0.15) is 0 Å². The van der Waals surface area contributed by atoms with E-state index in [1.807, 2.05) is 19.9 Å². The number of carbonyl (C=O) groups is 2. The van der Waals surface area contributed by atoms with Crippen molar-refractivity contribution in [2.24, 2.45) is 5.92 Å². The van der Waals surface area contributed by atoms with Gasteiger partial charge in [-0.25, -0.2) is 0 Å². The van der Waals surface area contributed by atoms with Crippen LogP contribution in [-0.4, -0.2) is 29.5 Å². The van der Waals surface area contributed by atoms with Crippen molar-refractivity contribution in [1.82, 2.24) is 15.2 Å². The second-order valence-electron chi connectivity index (χ2n) is 7.56. The lowest BCUT2D eigenvalue weighted by Gasteiger charge is -2.26. The fourth-order valence-electron chi connectivity index (χ4n) is 3.67. The third-order valence-electron chi connectivity index (χ3n) is 5.13. The number of hydrogen-bond acceptors (Lipinski definition) is 2. The quantitative estimate of drug-likeness (QED) is 0.578. The van der Waals surface area contributed by atoms with E-state index in [-0.39, 0.29) is 17.7 Å². The molecule has 1 aromatic heterocycles. The molecule has 2 N–H and O–H groups in total. The van der Waals surface area contributed by atoms with Gasteiger partial charge in [0.25, 0.3) is 0 Å². The molecule has 0 saturated heterocycles. The van der Waals surface area contributed by atoms with Crippen LogP contribution in [0.1, 0.15) is 68.9 Å². The molecule has 0 radical (unpaired) electrons. The smallest absolute Gasteiger partial charge is 0.244 e. The molecular weight excluding hydrogens is 326 g/mol. The van der Waals surface area contributed by atoms with Crippen LogP contribution in [0.25, 0.3) is 6.08 Å². The highest BCUT2D eigenvalue weighted by Crippen LogP contribution is 2.32. The van der Waals surface area contributed by atoms with Crippen LogP contribution >= 0.6 is 0 Å². The molecular formula is C21H33N3O2. The van der Waals surface area contributed by atoms with E-state index in [1.165, 1.54) is 43.5 Å². The van der Waals surface area contributed by atoms with E-state index in [9.17, 15) is 9.59 Å². The third kappa shape index (κ3) is 5.48. The lowest BCUT2D eigenvalue weighted by Crippen LogP contribution is -2.35. The molecule has 1 saturated carbocycles. The average molecular weight is 360 g/mol. The largest absolute Gasteiger partial charge is 0.354 e. The summed E-state index contributed by atoms with van der Waals surface area (Å²) in [7, 11) is 0. The number of nitrogens with zero attached hydrogens (tertiary/aromatic N) is 1. The number of carbonyl (C=O) groups excluding carboxylic acids is 2. The molecule has 1 aliphatic carbocycles. The average Bonchev–Trinajstić information content (AvgIpc) is 2.91. The van der Waals surface area contributed by atoms with Gasteiger partial charge in [0, 0.05) is 42.5 Å². The second-order valence-corrected chi connectivity index (χ2v) is 7.56. The first-order chi connectivity index (χ1) is 12.4. The fourth-order valence-corrected chi connectivity index (χ4v) is 3.67. The molecule has 0 aliphatic heterocycles. The molecule has 0 aromatic carbocycles. The molecule has 26 heavy (non-hydrogen) atoms. The highest BCUT2D eigenvalue weighted by Gasteiger charge is 2.19. The van der Waals surface area contributed by atoms with Crippen molar-refractivity contribution < 1.29 is 9.59 Å². The van der Waals surface area contributed by atoms with Crippen LogP contribution in [0.4, 0.5) is 0 Å². The molecule has 0 spiro atoms. The van der Waals surface area contributed by atoms with Gasteiger partial charge in [-0.1, -0.05) is 33.1 Å². The van der Waals surface area contributed by atoms with Gasteiger partial charge in [0.15, 0.2) is 0 Å². The summed E-state index contributed by atoms with van der Waals surface area (Å²) in [6.07, 6.45) is 9.94. The summed E-state index contributed by atoms with van der Waals surface area (Å²) in [5.41, 5.74) is 3.62. The maximum Gasteiger partial charge on any atom is 0.244 e. The number of hydrogen-bond donors (Lipinski definition) is 2. The van der Waals surface area contributed by atoms with Crippen molar-refractivity contribution in [3.63, 3.8) is 0 Å². The summed E-state index contributed by atoms with van der Waals surface area (Å²) < 4.78 is 2.44. The molecule has 0 atom stereocenters. The van der Waals surface area contributed by atoms with Crippen LogP contribution in [0, 0.1) is 19.8 Å². The Morgan fingerprint density at radius 2 is 1.81 bits per heavy atom. The van der Waals surface area contributed by atoms with Gasteiger partial charge < -0.3 is 15.2 Å². The summed E-state index contributed by atoms with van der Waals surface area (Å²) in [5, 5.41) is 5.59. The highest BCUT2D eigenvalue weighted by atomic mass is 16.2. The maximum absolute atomic E-state index is 12.0. The Morgan fingerprint density at radius 3 is 2.46 bits per heavy atom. The van der Waals surface area contributed by atoms with Gasteiger partial charge in [0.2, 0.25) is 11.8 Å². The first-order valence-electron chi connectivity index (χ1n) is 9.82. The lowest BCUT2D eigenvalue weighted by atomic mass is 9.95. The Morgan fingerprint density at radius 1 is 1.15 bits per heavy atom. The Hall–Kier alpha value is -2.04. The van der Waals surface area contributed by atoms with E-state index in [2.05, 4.69) is 35.1 Å². The first kappa shape index (κ1) is 20.3. The van der Waals surface area contributed by atoms with Crippen LogP contribution in [0.3, 0.4) is 0 Å². The minimum Gasteiger partial charge on any atom is -0.354 e. The van der Waals surface area contributed by atoms with Crippen molar-refractivity contribution in [3.8, 4) is 0 Å². The number of amides is 2. The van der Waals surface area contributed by atoms with Crippen LogP contribution in [0.2, 0.25) is 0 Å². The summed E-state index contributed by atoms with van der Waals surface area (Å²) in [4.78, 5) is 23.4. The lowest BCUT2D eigenvalue weighted by molar-refractivity contribution is -0.124. The van der Waals surface area contributed by atoms with E-state index in [1.54, 1.807) is 6.08 Å². The second kappa shape index (κ2) is 9.60. The SMILES string of the molecule is Cc1cc(/C=C/C(=O)NCCNC(=O)C(C)C)c(C)n1C1CCCCC1. The predicted molar refractivity (Wildman–Crippen MR) is 106 cm³/mol. The Bertz CT molecular complexity index is 652. The van der Waals surface area contributed by atoms with Crippen LogP contribution in [0.5, 0.6) is 0 Å². The zero-order valence-electron chi connectivity index (χ0n) is 16.6. The minimum atomic E-state index is -0.133. The van der Waals surface area contributed by atoms with Crippen LogP contribution in [0.15, 0.2) is 12.1 Å². The topological polar surface area (TPSA) is 63.1 Å². The van der Waals surface area contributed by atoms with Crippen molar-refractivity contribution in [1.29, 1.82) is 0 Å². The molecule has 5 nitrogen and oxygen atoms in total. The van der Waals surface area contributed by atoms with Crippen LogP contribution < -0.4 is 10.6 Å². The minimum absolute atomic E-state index is 0.00458. The van der Waals surface area contributed by atoms with Crippen LogP contribution in [-0.2, 0) is 9.59 Å². The Labute approximate surface area is 157 Å².